The fourth-order valence-corrected chi connectivity index (χ4v) is 4.78. The van der Waals surface area contributed by atoms with Crippen molar-refractivity contribution in [2.45, 2.75) is 24.8 Å². The molecule has 1 amide bonds. The molecule has 0 bridgehead atoms. The van der Waals surface area contributed by atoms with E-state index in [4.69, 9.17) is 9.47 Å². The van der Waals surface area contributed by atoms with Crippen LogP contribution in [0.3, 0.4) is 0 Å². The number of sulfonamides is 1. The molecule has 1 N–H and O–H groups in total. The van der Waals surface area contributed by atoms with E-state index in [9.17, 15) is 13.2 Å². The van der Waals surface area contributed by atoms with E-state index < -0.39 is 10.0 Å². The second-order valence-corrected chi connectivity index (χ2v) is 9.90. The van der Waals surface area contributed by atoms with Crippen LogP contribution in [0.2, 0.25) is 0 Å². The molecule has 0 saturated carbocycles. The molecule has 0 aromatic heterocycles. The molecule has 3 aromatic rings. The van der Waals surface area contributed by atoms with Crippen LogP contribution in [-0.2, 0) is 10.0 Å². The van der Waals surface area contributed by atoms with E-state index in [1.165, 1.54) is 23.5 Å². The Bertz CT molecular complexity index is 1270. The highest BCUT2D eigenvalue weighted by Gasteiger charge is 2.23. The standard InChI is InChI=1S/C25H26N2O5S/c1-17-7-10-21(11-8-17)27(3)33(29,30)22-6-4-5-20(15-22)25(28)26-18(2)19-9-12-23-24(16-19)32-14-13-31-23/h4-12,15-16,18H,13-14H2,1-3H3,(H,26,28)/t18-/m1/s1. The van der Waals surface area contributed by atoms with Crippen molar-refractivity contribution >= 4 is 21.6 Å². The summed E-state index contributed by atoms with van der Waals surface area (Å²) in [6.45, 7) is 4.79. The summed E-state index contributed by atoms with van der Waals surface area (Å²) in [6.07, 6.45) is 0. The summed E-state index contributed by atoms with van der Waals surface area (Å²) in [4.78, 5) is 12.9. The summed E-state index contributed by atoms with van der Waals surface area (Å²) in [5.41, 5.74) is 2.70. The number of anilines is 1. The van der Waals surface area contributed by atoms with Crippen molar-refractivity contribution in [3.8, 4) is 11.5 Å². The molecule has 172 valence electrons. The van der Waals surface area contributed by atoms with Crippen LogP contribution in [0.5, 0.6) is 11.5 Å². The first-order chi connectivity index (χ1) is 15.8. The number of carbonyl (C=O) groups excluding carboxylic acids is 1. The van der Waals surface area contributed by atoms with Gasteiger partial charge in [-0.05, 0) is 61.9 Å². The molecule has 1 atom stereocenters. The van der Waals surface area contributed by atoms with Crippen LogP contribution >= 0.6 is 0 Å². The third-order valence-corrected chi connectivity index (χ3v) is 7.35. The molecule has 3 aromatic carbocycles. The Morgan fingerprint density at radius 2 is 1.67 bits per heavy atom. The third-order valence-electron chi connectivity index (χ3n) is 5.57. The number of nitrogens with one attached hydrogen (secondary N) is 1. The molecule has 4 rings (SSSR count). The first-order valence-corrected chi connectivity index (χ1v) is 12.1. The van der Waals surface area contributed by atoms with E-state index in [0.29, 0.717) is 30.4 Å². The molecule has 33 heavy (non-hydrogen) atoms. The van der Waals surface area contributed by atoms with Crippen molar-refractivity contribution in [2.24, 2.45) is 0 Å². The minimum Gasteiger partial charge on any atom is -0.486 e. The van der Waals surface area contributed by atoms with Gasteiger partial charge in [0.25, 0.3) is 15.9 Å². The molecule has 1 aliphatic rings. The predicted molar refractivity (Wildman–Crippen MR) is 127 cm³/mol. The van der Waals surface area contributed by atoms with Gasteiger partial charge in [-0.1, -0.05) is 29.8 Å². The van der Waals surface area contributed by atoms with E-state index >= 15 is 0 Å². The number of hydrogen-bond acceptors (Lipinski definition) is 5. The zero-order valence-electron chi connectivity index (χ0n) is 18.7. The first kappa shape index (κ1) is 22.7. The Morgan fingerprint density at radius 3 is 2.39 bits per heavy atom. The van der Waals surface area contributed by atoms with Gasteiger partial charge in [0.2, 0.25) is 0 Å². The molecule has 0 spiro atoms. The van der Waals surface area contributed by atoms with Crippen LogP contribution in [0.4, 0.5) is 5.69 Å². The number of benzene rings is 3. The first-order valence-electron chi connectivity index (χ1n) is 10.6. The van der Waals surface area contributed by atoms with Crippen molar-refractivity contribution in [3.63, 3.8) is 0 Å². The molecule has 1 aliphatic heterocycles. The lowest BCUT2D eigenvalue weighted by atomic mass is 10.1. The number of fused-ring (bicyclic) bond motifs is 1. The second kappa shape index (κ2) is 9.15. The largest absolute Gasteiger partial charge is 0.486 e. The summed E-state index contributed by atoms with van der Waals surface area (Å²) in [7, 11) is -2.33. The molecule has 0 radical (unpaired) electrons. The van der Waals surface area contributed by atoms with Gasteiger partial charge in [0.05, 0.1) is 16.6 Å². The molecule has 0 fully saturated rings. The van der Waals surface area contributed by atoms with Crippen LogP contribution in [0.15, 0.2) is 71.6 Å². The molecule has 8 heteroatoms. The number of hydrogen-bond donors (Lipinski definition) is 1. The van der Waals surface area contributed by atoms with Crippen molar-refractivity contribution in [3.05, 3.63) is 83.4 Å². The molecule has 0 saturated heterocycles. The van der Waals surface area contributed by atoms with E-state index in [0.717, 1.165) is 11.1 Å². The lowest BCUT2D eigenvalue weighted by Gasteiger charge is -2.21. The van der Waals surface area contributed by atoms with Gasteiger partial charge < -0.3 is 14.8 Å². The van der Waals surface area contributed by atoms with E-state index in [-0.39, 0.29) is 22.4 Å². The molecular formula is C25H26N2O5S. The maximum Gasteiger partial charge on any atom is 0.264 e. The quantitative estimate of drug-likeness (QED) is 0.592. The Hall–Kier alpha value is -3.52. The zero-order valence-corrected chi connectivity index (χ0v) is 19.6. The fourth-order valence-electron chi connectivity index (χ4n) is 3.54. The van der Waals surface area contributed by atoms with E-state index in [1.54, 1.807) is 24.3 Å². The number of nitrogens with zero attached hydrogens (tertiary/aromatic N) is 1. The van der Waals surface area contributed by atoms with Gasteiger partial charge in [0.1, 0.15) is 13.2 Å². The van der Waals surface area contributed by atoms with Crippen molar-refractivity contribution in [1.29, 1.82) is 0 Å². The Balaban J connectivity index is 1.52. The molecule has 0 unspecified atom stereocenters. The van der Waals surface area contributed by atoms with Crippen LogP contribution < -0.4 is 19.1 Å². The summed E-state index contributed by atoms with van der Waals surface area (Å²) in [6, 6.07) is 18.5. The number of rotatable bonds is 6. The average Bonchev–Trinajstić information content (AvgIpc) is 2.83. The fraction of sp³-hybridized carbons (Fsp3) is 0.240. The van der Waals surface area contributed by atoms with Crippen LogP contribution in [-0.4, -0.2) is 34.6 Å². The van der Waals surface area contributed by atoms with Gasteiger partial charge >= 0.3 is 0 Å². The number of amides is 1. The highest BCUT2D eigenvalue weighted by molar-refractivity contribution is 7.92. The van der Waals surface area contributed by atoms with Crippen molar-refractivity contribution < 1.29 is 22.7 Å². The zero-order chi connectivity index (χ0) is 23.6. The van der Waals surface area contributed by atoms with Gasteiger partial charge in [0.15, 0.2) is 11.5 Å². The number of carbonyl (C=O) groups is 1. The van der Waals surface area contributed by atoms with Gasteiger partial charge in [0, 0.05) is 12.6 Å². The van der Waals surface area contributed by atoms with Gasteiger partial charge in [-0.3, -0.25) is 9.10 Å². The monoisotopic (exact) mass is 466 g/mol. The number of aryl methyl sites for hydroxylation is 1. The minimum absolute atomic E-state index is 0.0465. The Morgan fingerprint density at radius 1 is 0.970 bits per heavy atom. The summed E-state index contributed by atoms with van der Waals surface area (Å²) < 4.78 is 38.6. The van der Waals surface area contributed by atoms with Crippen LogP contribution in [0.25, 0.3) is 0 Å². The summed E-state index contributed by atoms with van der Waals surface area (Å²) in [5.74, 6) is 0.957. The number of ether oxygens (including phenoxy) is 2. The Labute approximate surface area is 194 Å². The summed E-state index contributed by atoms with van der Waals surface area (Å²) >= 11 is 0. The summed E-state index contributed by atoms with van der Waals surface area (Å²) in [5, 5.41) is 2.92. The predicted octanol–water partition coefficient (Wildman–Crippen LogP) is 4.08. The van der Waals surface area contributed by atoms with Crippen molar-refractivity contribution in [1.82, 2.24) is 5.32 Å². The maximum atomic E-state index is 13.1. The molecule has 1 heterocycles. The topological polar surface area (TPSA) is 84.9 Å². The van der Waals surface area contributed by atoms with Gasteiger partial charge in [-0.15, -0.1) is 0 Å². The Kier molecular flexibility index (Phi) is 6.29. The smallest absolute Gasteiger partial charge is 0.264 e. The van der Waals surface area contributed by atoms with Gasteiger partial charge in [-0.2, -0.15) is 0 Å². The average molecular weight is 467 g/mol. The molecular weight excluding hydrogens is 440 g/mol. The van der Waals surface area contributed by atoms with Gasteiger partial charge in [-0.25, -0.2) is 8.42 Å². The van der Waals surface area contributed by atoms with E-state index in [1.807, 2.05) is 44.2 Å². The normalized spacial score (nSPS) is 13.8. The minimum atomic E-state index is -3.83. The SMILES string of the molecule is Cc1ccc(N(C)S(=O)(=O)c2cccc(C(=O)N[C@H](C)c3ccc4c(c3)OCCO4)c2)cc1. The van der Waals surface area contributed by atoms with Crippen molar-refractivity contribution in [2.75, 3.05) is 24.6 Å². The third kappa shape index (κ3) is 4.80. The highest BCUT2D eigenvalue weighted by Crippen LogP contribution is 2.32. The lowest BCUT2D eigenvalue weighted by Crippen LogP contribution is -2.28. The van der Waals surface area contributed by atoms with Crippen LogP contribution in [0.1, 0.15) is 34.5 Å². The van der Waals surface area contributed by atoms with Crippen LogP contribution in [0, 0.1) is 6.92 Å². The maximum absolute atomic E-state index is 13.1. The second-order valence-electron chi connectivity index (χ2n) is 7.93. The highest BCUT2D eigenvalue weighted by atomic mass is 32.2. The lowest BCUT2D eigenvalue weighted by molar-refractivity contribution is 0.0939. The molecule has 7 nitrogen and oxygen atoms in total. The molecule has 0 aliphatic carbocycles. The van der Waals surface area contributed by atoms with E-state index in [2.05, 4.69) is 5.32 Å².